The van der Waals surface area contributed by atoms with E-state index >= 15 is 0 Å². The van der Waals surface area contributed by atoms with E-state index in [1.54, 1.807) is 0 Å². The Bertz CT molecular complexity index is 1070. The molecule has 5 rings (SSSR count). The summed E-state index contributed by atoms with van der Waals surface area (Å²) < 4.78 is 7.78. The normalized spacial score (nSPS) is 12.5. The number of hydrogen-bond donors (Lipinski definition) is 0. The summed E-state index contributed by atoms with van der Waals surface area (Å²) >= 11 is 0. The monoisotopic (exact) mass is 313 g/mol. The molecule has 4 aromatic rings. The van der Waals surface area contributed by atoms with Gasteiger partial charge < -0.3 is 4.74 Å². The molecule has 4 heteroatoms. The smallest absolute Gasteiger partial charge is 0.163 e. The zero-order valence-electron chi connectivity index (χ0n) is 13.2. The van der Waals surface area contributed by atoms with E-state index in [4.69, 9.17) is 14.8 Å². The first kappa shape index (κ1) is 13.3. The van der Waals surface area contributed by atoms with Crippen LogP contribution < -0.4 is 4.74 Å². The molecule has 1 aliphatic rings. The van der Waals surface area contributed by atoms with Crippen LogP contribution in [0.2, 0.25) is 0 Å². The summed E-state index contributed by atoms with van der Waals surface area (Å²) in [7, 11) is 0. The predicted octanol–water partition coefficient (Wildman–Crippen LogP) is 4.29. The Kier molecular flexibility index (Phi) is 2.73. The topological polar surface area (TPSA) is 39.9 Å². The van der Waals surface area contributed by atoms with Crippen molar-refractivity contribution >= 4 is 11.0 Å². The number of aryl methyl sites for hydroxylation is 1. The van der Waals surface area contributed by atoms with Crippen molar-refractivity contribution < 1.29 is 4.74 Å². The molecule has 0 bridgehead atoms. The van der Waals surface area contributed by atoms with Crippen molar-refractivity contribution in [2.24, 2.45) is 0 Å². The molecule has 24 heavy (non-hydrogen) atoms. The molecule has 2 aromatic heterocycles. The number of aromatic nitrogens is 3. The van der Waals surface area contributed by atoms with Crippen molar-refractivity contribution in [3.8, 4) is 22.7 Å². The van der Waals surface area contributed by atoms with Gasteiger partial charge in [0.2, 0.25) is 0 Å². The molecule has 0 spiro atoms. The Hall–Kier alpha value is -3.14. The Morgan fingerprint density at radius 2 is 1.79 bits per heavy atom. The number of hydrogen-bond acceptors (Lipinski definition) is 3. The van der Waals surface area contributed by atoms with Crippen molar-refractivity contribution in [3.63, 3.8) is 0 Å². The number of benzene rings is 2. The zero-order valence-corrected chi connectivity index (χ0v) is 13.2. The molecule has 0 saturated carbocycles. The lowest BCUT2D eigenvalue weighted by atomic mass is 10.0. The SMILES string of the molecule is Cc1nn(-c2ccccc2)c2nc3c(cc12)COc1ccccc1-3. The van der Waals surface area contributed by atoms with E-state index in [0.29, 0.717) is 6.61 Å². The van der Waals surface area contributed by atoms with Crippen LogP contribution in [-0.4, -0.2) is 14.8 Å². The van der Waals surface area contributed by atoms with Crippen molar-refractivity contribution in [1.29, 1.82) is 0 Å². The molecule has 0 N–H and O–H groups in total. The molecular formula is C20H15N3O. The fraction of sp³-hybridized carbons (Fsp3) is 0.100. The minimum atomic E-state index is 0.547. The second-order valence-electron chi connectivity index (χ2n) is 5.98. The second kappa shape index (κ2) is 4.93. The fourth-order valence-corrected chi connectivity index (χ4v) is 3.26. The molecule has 0 saturated heterocycles. The minimum absolute atomic E-state index is 0.547. The van der Waals surface area contributed by atoms with Crippen molar-refractivity contribution in [2.75, 3.05) is 0 Å². The third-order valence-electron chi connectivity index (χ3n) is 4.45. The van der Waals surface area contributed by atoms with Gasteiger partial charge in [-0.05, 0) is 37.3 Å². The fourth-order valence-electron chi connectivity index (χ4n) is 3.26. The largest absolute Gasteiger partial charge is 0.488 e. The summed E-state index contributed by atoms with van der Waals surface area (Å²) in [6.07, 6.45) is 0. The number of ether oxygens (including phenoxy) is 1. The van der Waals surface area contributed by atoms with Crippen molar-refractivity contribution in [2.45, 2.75) is 13.5 Å². The lowest BCUT2D eigenvalue weighted by Crippen LogP contribution is -2.08. The van der Waals surface area contributed by atoms with Gasteiger partial charge in [-0.2, -0.15) is 5.10 Å². The van der Waals surface area contributed by atoms with Gasteiger partial charge in [-0.1, -0.05) is 30.3 Å². The summed E-state index contributed by atoms with van der Waals surface area (Å²) in [5, 5.41) is 5.77. The van der Waals surface area contributed by atoms with E-state index < -0.39 is 0 Å². The number of rotatable bonds is 1. The zero-order chi connectivity index (χ0) is 16.1. The molecule has 0 radical (unpaired) electrons. The Labute approximate surface area is 139 Å². The van der Waals surface area contributed by atoms with Gasteiger partial charge in [0.1, 0.15) is 12.4 Å². The summed E-state index contributed by atoms with van der Waals surface area (Å²) in [6, 6.07) is 20.3. The number of nitrogens with zero attached hydrogens (tertiary/aromatic N) is 3. The van der Waals surface area contributed by atoms with E-state index in [1.807, 2.05) is 60.1 Å². The molecule has 3 heterocycles. The molecule has 0 atom stereocenters. The van der Waals surface area contributed by atoms with Crippen LogP contribution in [-0.2, 0) is 6.61 Å². The highest BCUT2D eigenvalue weighted by Gasteiger charge is 2.21. The van der Waals surface area contributed by atoms with E-state index in [2.05, 4.69) is 12.1 Å². The van der Waals surface area contributed by atoms with Crippen LogP contribution in [0.1, 0.15) is 11.3 Å². The quantitative estimate of drug-likeness (QED) is 0.526. The van der Waals surface area contributed by atoms with E-state index in [9.17, 15) is 0 Å². The molecule has 0 amide bonds. The molecule has 2 aromatic carbocycles. The lowest BCUT2D eigenvalue weighted by Gasteiger charge is -2.20. The summed E-state index contributed by atoms with van der Waals surface area (Å²) in [5.74, 6) is 0.888. The third-order valence-corrected chi connectivity index (χ3v) is 4.45. The Morgan fingerprint density at radius 3 is 2.67 bits per heavy atom. The van der Waals surface area contributed by atoms with Crippen LogP contribution >= 0.6 is 0 Å². The van der Waals surface area contributed by atoms with Gasteiger partial charge in [0, 0.05) is 16.5 Å². The summed E-state index contributed by atoms with van der Waals surface area (Å²) in [6.45, 7) is 2.57. The van der Waals surface area contributed by atoms with Crippen LogP contribution in [0.25, 0.3) is 28.0 Å². The van der Waals surface area contributed by atoms with E-state index in [0.717, 1.165) is 45.0 Å². The van der Waals surface area contributed by atoms with Gasteiger partial charge in [0.15, 0.2) is 5.65 Å². The van der Waals surface area contributed by atoms with Crippen LogP contribution in [0.4, 0.5) is 0 Å². The standard InChI is InChI=1S/C20H15N3O/c1-13-17-11-14-12-24-18-10-6-5-9-16(18)19(14)21-20(17)23(22-13)15-7-3-2-4-8-15/h2-11H,12H2,1H3. The average molecular weight is 313 g/mol. The van der Waals surface area contributed by atoms with Gasteiger partial charge in [-0.15, -0.1) is 0 Å². The first-order valence-corrected chi connectivity index (χ1v) is 7.98. The maximum atomic E-state index is 5.86. The van der Waals surface area contributed by atoms with Crippen molar-refractivity contribution in [1.82, 2.24) is 14.8 Å². The highest BCUT2D eigenvalue weighted by molar-refractivity contribution is 5.85. The first-order valence-electron chi connectivity index (χ1n) is 7.98. The second-order valence-corrected chi connectivity index (χ2v) is 5.98. The predicted molar refractivity (Wildman–Crippen MR) is 93.4 cm³/mol. The van der Waals surface area contributed by atoms with Crippen LogP contribution in [0.5, 0.6) is 5.75 Å². The van der Waals surface area contributed by atoms with E-state index in [-0.39, 0.29) is 0 Å². The summed E-state index contributed by atoms with van der Waals surface area (Å²) in [5.41, 5.74) is 6.01. The minimum Gasteiger partial charge on any atom is -0.488 e. The molecular weight excluding hydrogens is 298 g/mol. The molecule has 0 unspecified atom stereocenters. The highest BCUT2D eigenvalue weighted by Crippen LogP contribution is 2.37. The molecule has 0 aliphatic carbocycles. The highest BCUT2D eigenvalue weighted by atomic mass is 16.5. The van der Waals surface area contributed by atoms with Crippen molar-refractivity contribution in [3.05, 3.63) is 71.9 Å². The Morgan fingerprint density at radius 1 is 1.00 bits per heavy atom. The molecule has 0 fully saturated rings. The molecule has 116 valence electrons. The van der Waals surface area contributed by atoms with Gasteiger partial charge >= 0.3 is 0 Å². The number of pyridine rings is 1. The number of fused-ring (bicyclic) bond motifs is 4. The van der Waals surface area contributed by atoms with Crippen LogP contribution in [0.15, 0.2) is 60.7 Å². The maximum absolute atomic E-state index is 5.86. The molecule has 4 nitrogen and oxygen atoms in total. The van der Waals surface area contributed by atoms with Crippen LogP contribution in [0, 0.1) is 6.92 Å². The van der Waals surface area contributed by atoms with Gasteiger partial charge in [0.25, 0.3) is 0 Å². The maximum Gasteiger partial charge on any atom is 0.163 e. The summed E-state index contributed by atoms with van der Waals surface area (Å²) in [4.78, 5) is 4.97. The first-order chi connectivity index (χ1) is 11.8. The Balaban J connectivity index is 1.82. The van der Waals surface area contributed by atoms with Gasteiger partial charge in [0.05, 0.1) is 17.1 Å². The molecule has 1 aliphatic heterocycles. The lowest BCUT2D eigenvalue weighted by molar-refractivity contribution is 0.302. The van der Waals surface area contributed by atoms with Gasteiger partial charge in [-0.3, -0.25) is 0 Å². The van der Waals surface area contributed by atoms with Gasteiger partial charge in [-0.25, -0.2) is 9.67 Å². The average Bonchev–Trinajstić information content (AvgIpc) is 2.97. The third kappa shape index (κ3) is 1.86. The van der Waals surface area contributed by atoms with Crippen LogP contribution in [0.3, 0.4) is 0 Å². The number of para-hydroxylation sites is 2. The van der Waals surface area contributed by atoms with E-state index in [1.165, 1.54) is 0 Å².